The molecule has 0 nitrogen and oxygen atoms in total. The van der Waals surface area contributed by atoms with E-state index in [-0.39, 0.29) is 5.41 Å². The molecule has 0 fully saturated rings. The summed E-state index contributed by atoms with van der Waals surface area (Å²) in [5.41, 5.74) is 4.73. The van der Waals surface area contributed by atoms with Gasteiger partial charge in [-0.2, -0.15) is 0 Å². The van der Waals surface area contributed by atoms with Gasteiger partial charge >= 0.3 is 0 Å². The van der Waals surface area contributed by atoms with Gasteiger partial charge in [0.1, 0.15) is 0 Å². The van der Waals surface area contributed by atoms with Gasteiger partial charge in [-0.15, -0.1) is 22.7 Å². The van der Waals surface area contributed by atoms with Crippen LogP contribution in [0.3, 0.4) is 0 Å². The lowest BCUT2D eigenvalue weighted by atomic mass is 9.74. The van der Waals surface area contributed by atoms with E-state index < -0.39 is 0 Å². The van der Waals surface area contributed by atoms with Crippen LogP contribution in [0.25, 0.3) is 0 Å². The monoisotopic (exact) mass is 334 g/mol. The Morgan fingerprint density at radius 3 is 1.86 bits per heavy atom. The summed E-state index contributed by atoms with van der Waals surface area (Å²) in [5, 5.41) is 4.68. The summed E-state index contributed by atoms with van der Waals surface area (Å²) in [6.45, 7) is 18.7. The molecule has 0 bridgehead atoms. The van der Waals surface area contributed by atoms with E-state index in [1.54, 1.807) is 10.4 Å². The van der Waals surface area contributed by atoms with Crippen LogP contribution in [0, 0.1) is 0 Å². The molecule has 0 unspecified atom stereocenters. The molecule has 0 aliphatic rings. The molecule has 2 aromatic heterocycles. The van der Waals surface area contributed by atoms with Crippen molar-refractivity contribution in [1.82, 2.24) is 0 Å². The maximum absolute atomic E-state index is 2.42. The van der Waals surface area contributed by atoms with Gasteiger partial charge in [-0.1, -0.05) is 55.4 Å². The Balaban J connectivity index is 2.61. The number of hydrogen-bond acceptors (Lipinski definition) is 2. The van der Waals surface area contributed by atoms with Crippen LogP contribution >= 0.6 is 22.7 Å². The molecule has 0 N–H and O–H groups in total. The number of hydrogen-bond donors (Lipinski definition) is 0. The first-order valence-electron chi connectivity index (χ1n) is 8.37. The van der Waals surface area contributed by atoms with Crippen molar-refractivity contribution in [1.29, 1.82) is 0 Å². The van der Waals surface area contributed by atoms with Crippen LogP contribution in [0.1, 0.15) is 99.6 Å². The highest BCUT2D eigenvalue weighted by molar-refractivity contribution is 7.10. The summed E-state index contributed by atoms with van der Waals surface area (Å²) in [7, 11) is 0. The third kappa shape index (κ3) is 3.05. The zero-order valence-corrected chi connectivity index (χ0v) is 16.9. The Morgan fingerprint density at radius 1 is 0.773 bits per heavy atom. The van der Waals surface area contributed by atoms with E-state index in [4.69, 9.17) is 0 Å². The van der Waals surface area contributed by atoms with Crippen LogP contribution in [0.4, 0.5) is 0 Å². The maximum Gasteiger partial charge on any atom is 0.0168 e. The lowest BCUT2D eigenvalue weighted by Gasteiger charge is -2.29. The molecule has 0 saturated carbocycles. The van der Waals surface area contributed by atoms with Crippen molar-refractivity contribution in [3.63, 3.8) is 0 Å². The first-order chi connectivity index (χ1) is 10.2. The van der Waals surface area contributed by atoms with Crippen LogP contribution in [0.15, 0.2) is 16.8 Å². The Hall–Kier alpha value is -0.600. The number of rotatable bonds is 5. The second-order valence-corrected chi connectivity index (χ2v) is 9.57. The first kappa shape index (κ1) is 17.7. The lowest BCUT2D eigenvalue weighted by molar-refractivity contribution is 0.615. The molecule has 2 aromatic rings. The standard InChI is InChI=1S/C20H30S2/c1-12(2)17-16(11-22-19(17)14(5)6)20(7,8)15-9-10-21-18(15)13(3)4/h9-14H,1-8H3. The summed E-state index contributed by atoms with van der Waals surface area (Å²) >= 11 is 3.86. The lowest BCUT2D eigenvalue weighted by Crippen LogP contribution is -2.21. The maximum atomic E-state index is 2.42. The van der Waals surface area contributed by atoms with Crippen LogP contribution in [-0.4, -0.2) is 0 Å². The fraction of sp³-hybridized carbons (Fsp3) is 0.600. The summed E-state index contributed by atoms with van der Waals surface area (Å²) in [5.74, 6) is 1.79. The summed E-state index contributed by atoms with van der Waals surface area (Å²) in [6.07, 6.45) is 0. The fourth-order valence-corrected chi connectivity index (χ4v) is 5.82. The minimum absolute atomic E-state index is 0.0862. The van der Waals surface area contributed by atoms with Gasteiger partial charge in [-0.3, -0.25) is 0 Å². The summed E-state index contributed by atoms with van der Waals surface area (Å²) in [6, 6.07) is 2.34. The van der Waals surface area contributed by atoms with Gasteiger partial charge in [0.05, 0.1) is 0 Å². The molecule has 0 amide bonds. The SMILES string of the molecule is CC(C)c1sccc1C(C)(C)c1csc(C(C)C)c1C(C)C. The van der Waals surface area contributed by atoms with Gasteiger partial charge in [0.15, 0.2) is 0 Å². The van der Waals surface area contributed by atoms with E-state index in [9.17, 15) is 0 Å². The quantitative estimate of drug-likeness (QED) is 0.531. The molecule has 2 heterocycles. The van der Waals surface area contributed by atoms with Crippen LogP contribution in [-0.2, 0) is 5.41 Å². The molecule has 0 radical (unpaired) electrons. The first-order valence-corrected chi connectivity index (χ1v) is 10.1. The Morgan fingerprint density at radius 2 is 1.36 bits per heavy atom. The van der Waals surface area contributed by atoms with Gasteiger partial charge in [0.25, 0.3) is 0 Å². The second-order valence-electron chi connectivity index (χ2n) is 7.71. The van der Waals surface area contributed by atoms with Crippen LogP contribution in [0.5, 0.6) is 0 Å². The van der Waals surface area contributed by atoms with Crippen LogP contribution in [0.2, 0.25) is 0 Å². The van der Waals surface area contributed by atoms with E-state index in [0.29, 0.717) is 17.8 Å². The van der Waals surface area contributed by atoms with Gasteiger partial charge in [-0.05, 0) is 51.3 Å². The molecule has 22 heavy (non-hydrogen) atoms. The van der Waals surface area contributed by atoms with E-state index >= 15 is 0 Å². The molecule has 2 rings (SSSR count). The van der Waals surface area contributed by atoms with E-state index in [1.807, 2.05) is 22.7 Å². The predicted octanol–water partition coefficient (Wildman–Crippen LogP) is 7.51. The minimum atomic E-state index is 0.0862. The minimum Gasteiger partial charge on any atom is -0.148 e. The van der Waals surface area contributed by atoms with E-state index in [1.165, 1.54) is 16.0 Å². The summed E-state index contributed by atoms with van der Waals surface area (Å²) < 4.78 is 0. The predicted molar refractivity (Wildman–Crippen MR) is 103 cm³/mol. The largest absolute Gasteiger partial charge is 0.148 e. The second kappa shape index (κ2) is 6.49. The normalized spacial score (nSPS) is 12.9. The zero-order valence-electron chi connectivity index (χ0n) is 15.3. The fourth-order valence-electron chi connectivity index (χ4n) is 3.34. The molecular formula is C20H30S2. The van der Waals surface area contributed by atoms with Gasteiger partial charge in [-0.25, -0.2) is 0 Å². The van der Waals surface area contributed by atoms with Gasteiger partial charge in [0.2, 0.25) is 0 Å². The van der Waals surface area contributed by atoms with Crippen molar-refractivity contribution in [3.8, 4) is 0 Å². The molecule has 0 aliphatic carbocycles. The molecule has 2 heteroatoms. The van der Waals surface area contributed by atoms with Crippen molar-refractivity contribution in [3.05, 3.63) is 43.3 Å². The highest BCUT2D eigenvalue weighted by Gasteiger charge is 2.32. The van der Waals surface area contributed by atoms with Crippen molar-refractivity contribution < 1.29 is 0 Å². The Bertz CT molecular complexity index is 624. The smallest absolute Gasteiger partial charge is 0.0168 e. The zero-order chi connectivity index (χ0) is 16.7. The van der Waals surface area contributed by atoms with E-state index in [0.717, 1.165) is 0 Å². The average Bonchev–Trinajstić information content (AvgIpc) is 3.05. The summed E-state index contributed by atoms with van der Waals surface area (Å²) in [4.78, 5) is 3.11. The van der Waals surface area contributed by atoms with Crippen molar-refractivity contribution >= 4 is 22.7 Å². The Labute approximate surface area is 144 Å². The molecule has 0 aromatic carbocycles. The molecule has 0 saturated heterocycles. The van der Waals surface area contributed by atoms with Crippen molar-refractivity contribution in [2.45, 2.75) is 78.6 Å². The van der Waals surface area contributed by atoms with E-state index in [2.05, 4.69) is 72.2 Å². The van der Waals surface area contributed by atoms with Crippen LogP contribution < -0.4 is 0 Å². The van der Waals surface area contributed by atoms with Crippen molar-refractivity contribution in [2.24, 2.45) is 0 Å². The third-order valence-corrected chi connectivity index (χ3v) is 7.04. The molecule has 0 aliphatic heterocycles. The number of thiophene rings is 2. The average molecular weight is 335 g/mol. The topological polar surface area (TPSA) is 0 Å². The van der Waals surface area contributed by atoms with Gasteiger partial charge < -0.3 is 0 Å². The third-order valence-electron chi connectivity index (χ3n) is 4.53. The molecule has 0 spiro atoms. The Kier molecular flexibility index (Phi) is 5.23. The molecular weight excluding hydrogens is 304 g/mol. The highest BCUT2D eigenvalue weighted by atomic mass is 32.1. The molecule has 0 atom stereocenters. The molecule has 122 valence electrons. The van der Waals surface area contributed by atoms with Crippen molar-refractivity contribution in [2.75, 3.05) is 0 Å². The van der Waals surface area contributed by atoms with Gasteiger partial charge in [0, 0.05) is 15.2 Å². The highest BCUT2D eigenvalue weighted by Crippen LogP contribution is 2.45.